The molecule has 0 saturated carbocycles. The molecule has 0 aromatic heterocycles. The van der Waals surface area contributed by atoms with Crippen molar-refractivity contribution >= 4 is 11.8 Å². The fourth-order valence-corrected chi connectivity index (χ4v) is 4.03. The number of carbonyl (C=O) groups excluding carboxylic acids is 2. The van der Waals surface area contributed by atoms with Crippen molar-refractivity contribution in [2.24, 2.45) is 0 Å². The van der Waals surface area contributed by atoms with Gasteiger partial charge in [0, 0.05) is 30.3 Å². The Kier molecular flexibility index (Phi) is 6.96. The minimum absolute atomic E-state index is 0.0690. The number of carbonyl (C=O) groups is 2. The highest BCUT2D eigenvalue weighted by Crippen LogP contribution is 2.23. The first kappa shape index (κ1) is 22.1. The van der Waals surface area contributed by atoms with Crippen LogP contribution in [-0.4, -0.2) is 29.3 Å². The molecule has 4 heteroatoms. The van der Waals surface area contributed by atoms with E-state index >= 15 is 0 Å². The fourth-order valence-electron chi connectivity index (χ4n) is 4.03. The number of nitrogens with one attached hydrogen (secondary N) is 1. The molecule has 0 radical (unpaired) electrons. The molecule has 4 nitrogen and oxygen atoms in total. The van der Waals surface area contributed by atoms with Gasteiger partial charge >= 0.3 is 0 Å². The third-order valence-corrected chi connectivity index (χ3v) is 6.03. The molecule has 1 atom stereocenters. The van der Waals surface area contributed by atoms with E-state index in [0.717, 1.165) is 36.9 Å². The van der Waals surface area contributed by atoms with E-state index in [1.165, 1.54) is 12.0 Å². The zero-order valence-electron chi connectivity index (χ0n) is 18.7. The molecule has 0 bridgehead atoms. The van der Waals surface area contributed by atoms with Gasteiger partial charge in [0.15, 0.2) is 0 Å². The molecule has 1 fully saturated rings. The standard InChI is InChI=1S/C26H34N2O2/c1-5-23-8-6-7-17-28(23)25(30)21-11-9-19(10-12-21)18-27-24(29)20-13-15-22(16-14-20)26(2,3)4/h9-16,23H,5-8,17-18H2,1-4H3,(H,27,29). The van der Waals surface area contributed by atoms with Gasteiger partial charge in [-0.3, -0.25) is 9.59 Å². The molecule has 3 rings (SSSR count). The summed E-state index contributed by atoms with van der Waals surface area (Å²) in [5.74, 6) is 0.0331. The average molecular weight is 407 g/mol. The van der Waals surface area contributed by atoms with E-state index in [-0.39, 0.29) is 17.2 Å². The lowest BCUT2D eigenvalue weighted by Gasteiger charge is -2.35. The molecule has 2 amide bonds. The third-order valence-electron chi connectivity index (χ3n) is 6.03. The first-order chi connectivity index (χ1) is 14.3. The maximum Gasteiger partial charge on any atom is 0.254 e. The van der Waals surface area contributed by atoms with Crippen molar-refractivity contribution in [3.05, 3.63) is 70.8 Å². The first-order valence-electron chi connectivity index (χ1n) is 11.1. The molecule has 1 aliphatic heterocycles. The third kappa shape index (κ3) is 5.29. The molecule has 1 unspecified atom stereocenters. The Morgan fingerprint density at radius 3 is 2.20 bits per heavy atom. The second-order valence-electron chi connectivity index (χ2n) is 9.26. The van der Waals surface area contributed by atoms with Crippen LogP contribution in [0.4, 0.5) is 0 Å². The second-order valence-corrected chi connectivity index (χ2v) is 9.26. The Labute approximate surface area is 180 Å². The van der Waals surface area contributed by atoms with Gasteiger partial charge in [-0.05, 0) is 66.5 Å². The van der Waals surface area contributed by atoms with Crippen LogP contribution in [-0.2, 0) is 12.0 Å². The van der Waals surface area contributed by atoms with Gasteiger partial charge in [0.05, 0.1) is 0 Å². The highest BCUT2D eigenvalue weighted by Gasteiger charge is 2.26. The average Bonchev–Trinajstić information content (AvgIpc) is 2.76. The van der Waals surface area contributed by atoms with Crippen molar-refractivity contribution < 1.29 is 9.59 Å². The van der Waals surface area contributed by atoms with Gasteiger partial charge in [-0.15, -0.1) is 0 Å². The van der Waals surface area contributed by atoms with Crippen molar-refractivity contribution in [1.29, 1.82) is 0 Å². The summed E-state index contributed by atoms with van der Waals surface area (Å²) in [4.78, 5) is 27.4. The highest BCUT2D eigenvalue weighted by molar-refractivity contribution is 5.95. The molecule has 2 aromatic rings. The fraction of sp³-hybridized carbons (Fsp3) is 0.462. The molecule has 1 aliphatic rings. The summed E-state index contributed by atoms with van der Waals surface area (Å²) in [6, 6.07) is 15.8. The minimum atomic E-state index is -0.0882. The van der Waals surface area contributed by atoms with Crippen LogP contribution in [0.1, 0.15) is 85.2 Å². The lowest BCUT2D eigenvalue weighted by molar-refractivity contribution is 0.0608. The number of hydrogen-bond donors (Lipinski definition) is 1. The van der Waals surface area contributed by atoms with E-state index in [1.54, 1.807) is 0 Å². The number of amides is 2. The van der Waals surface area contributed by atoms with Gasteiger partial charge in [-0.1, -0.05) is 52.0 Å². The van der Waals surface area contributed by atoms with E-state index < -0.39 is 0 Å². The highest BCUT2D eigenvalue weighted by atomic mass is 16.2. The zero-order valence-corrected chi connectivity index (χ0v) is 18.7. The van der Waals surface area contributed by atoms with Crippen molar-refractivity contribution in [3.63, 3.8) is 0 Å². The summed E-state index contributed by atoms with van der Waals surface area (Å²) in [7, 11) is 0. The SMILES string of the molecule is CCC1CCCCN1C(=O)c1ccc(CNC(=O)c2ccc(C(C)(C)C)cc2)cc1. The van der Waals surface area contributed by atoms with Crippen molar-refractivity contribution in [2.75, 3.05) is 6.54 Å². The van der Waals surface area contributed by atoms with E-state index in [2.05, 4.69) is 33.0 Å². The predicted molar refractivity (Wildman–Crippen MR) is 122 cm³/mol. The van der Waals surface area contributed by atoms with Crippen LogP contribution in [0.3, 0.4) is 0 Å². The van der Waals surface area contributed by atoms with E-state index in [0.29, 0.717) is 18.2 Å². The molecular weight excluding hydrogens is 372 g/mol. The predicted octanol–water partition coefficient (Wildman–Crippen LogP) is 5.32. The lowest BCUT2D eigenvalue weighted by atomic mass is 9.87. The van der Waals surface area contributed by atoms with Gasteiger partial charge < -0.3 is 10.2 Å². The molecule has 1 heterocycles. The van der Waals surface area contributed by atoms with E-state index in [1.807, 2.05) is 53.4 Å². The van der Waals surface area contributed by atoms with Gasteiger partial charge in [0.25, 0.3) is 11.8 Å². The van der Waals surface area contributed by atoms with Crippen molar-refractivity contribution in [1.82, 2.24) is 10.2 Å². The normalized spacial score (nSPS) is 16.9. The molecule has 0 spiro atoms. The molecule has 0 aliphatic carbocycles. The summed E-state index contributed by atoms with van der Waals surface area (Å²) < 4.78 is 0. The van der Waals surface area contributed by atoms with Gasteiger partial charge in [0.1, 0.15) is 0 Å². The van der Waals surface area contributed by atoms with Gasteiger partial charge in [-0.2, -0.15) is 0 Å². The minimum Gasteiger partial charge on any atom is -0.348 e. The number of benzene rings is 2. The van der Waals surface area contributed by atoms with Crippen LogP contribution >= 0.6 is 0 Å². The second kappa shape index (κ2) is 9.46. The van der Waals surface area contributed by atoms with Crippen LogP contribution in [0.2, 0.25) is 0 Å². The molecule has 2 aromatic carbocycles. The summed E-state index contributed by atoms with van der Waals surface area (Å²) in [5.41, 5.74) is 3.64. The Morgan fingerprint density at radius 2 is 1.60 bits per heavy atom. The topological polar surface area (TPSA) is 49.4 Å². The van der Waals surface area contributed by atoms with Crippen LogP contribution < -0.4 is 5.32 Å². The molecule has 1 saturated heterocycles. The van der Waals surface area contributed by atoms with E-state index in [9.17, 15) is 9.59 Å². The van der Waals surface area contributed by atoms with E-state index in [4.69, 9.17) is 0 Å². The monoisotopic (exact) mass is 406 g/mol. The number of nitrogens with zero attached hydrogens (tertiary/aromatic N) is 1. The molecule has 30 heavy (non-hydrogen) atoms. The number of hydrogen-bond acceptors (Lipinski definition) is 2. The number of rotatable bonds is 5. The maximum absolute atomic E-state index is 12.9. The summed E-state index contributed by atoms with van der Waals surface area (Å²) in [5, 5.41) is 2.97. The Bertz CT molecular complexity index is 863. The Morgan fingerprint density at radius 1 is 0.967 bits per heavy atom. The molecule has 160 valence electrons. The van der Waals surface area contributed by atoms with Crippen LogP contribution in [0.5, 0.6) is 0 Å². The van der Waals surface area contributed by atoms with Crippen LogP contribution in [0.15, 0.2) is 48.5 Å². The lowest BCUT2D eigenvalue weighted by Crippen LogP contribution is -2.43. The van der Waals surface area contributed by atoms with Gasteiger partial charge in [-0.25, -0.2) is 0 Å². The molecular formula is C26H34N2O2. The summed E-state index contributed by atoms with van der Waals surface area (Å²) >= 11 is 0. The molecule has 1 N–H and O–H groups in total. The maximum atomic E-state index is 12.9. The number of piperidine rings is 1. The Balaban J connectivity index is 1.58. The van der Waals surface area contributed by atoms with Crippen LogP contribution in [0.25, 0.3) is 0 Å². The van der Waals surface area contributed by atoms with Gasteiger partial charge in [0.2, 0.25) is 0 Å². The summed E-state index contributed by atoms with van der Waals surface area (Å²) in [6.07, 6.45) is 4.40. The van der Waals surface area contributed by atoms with Crippen LogP contribution in [0, 0.1) is 0 Å². The van der Waals surface area contributed by atoms with Crippen molar-refractivity contribution in [2.45, 2.75) is 71.4 Å². The largest absolute Gasteiger partial charge is 0.348 e. The first-order valence-corrected chi connectivity index (χ1v) is 11.1. The zero-order chi connectivity index (χ0) is 21.7. The van der Waals surface area contributed by atoms with Crippen molar-refractivity contribution in [3.8, 4) is 0 Å². The smallest absolute Gasteiger partial charge is 0.254 e. The number of likely N-dealkylation sites (tertiary alicyclic amines) is 1. The quantitative estimate of drug-likeness (QED) is 0.731. The summed E-state index contributed by atoms with van der Waals surface area (Å²) in [6.45, 7) is 9.91. The Hall–Kier alpha value is -2.62.